The van der Waals surface area contributed by atoms with Gasteiger partial charge in [-0.05, 0) is 69.3 Å². The molecule has 0 fully saturated rings. The summed E-state index contributed by atoms with van der Waals surface area (Å²) < 4.78 is 8.79. The molecule has 0 radical (unpaired) electrons. The first-order valence-corrected chi connectivity index (χ1v) is 20.7. The zero-order valence-corrected chi connectivity index (χ0v) is 36.8. The maximum atomic E-state index is 6.64. The Morgan fingerprint density at radius 2 is 1.21 bits per heavy atom. The molecule has 8 aromatic carbocycles. The minimum Gasteiger partial charge on any atom is -0.509 e. The van der Waals surface area contributed by atoms with Crippen molar-refractivity contribution in [3.8, 4) is 39.6 Å². The maximum absolute atomic E-state index is 6.64. The smallest absolute Gasteiger partial charge is 0.135 e. The molecule has 0 saturated heterocycles. The van der Waals surface area contributed by atoms with E-state index >= 15 is 0 Å². The molecule has 11 rings (SSSR count). The van der Waals surface area contributed by atoms with Crippen LogP contribution in [0.3, 0.4) is 0 Å². The molecule has 2 aromatic heterocycles. The van der Waals surface area contributed by atoms with E-state index in [1.165, 1.54) is 22.1 Å². The van der Waals surface area contributed by atoms with E-state index in [2.05, 4.69) is 200 Å². The Bertz CT molecular complexity index is 3190. The van der Waals surface area contributed by atoms with Crippen molar-refractivity contribution in [2.24, 2.45) is 0 Å². The van der Waals surface area contributed by atoms with Crippen LogP contribution in [0, 0.1) is 18.8 Å². The Kier molecular flexibility index (Phi) is 10.0. The van der Waals surface area contributed by atoms with Crippen LogP contribution in [0.5, 0.6) is 11.5 Å². The van der Waals surface area contributed by atoms with Crippen molar-refractivity contribution in [3.05, 3.63) is 213 Å². The van der Waals surface area contributed by atoms with E-state index in [-0.39, 0.29) is 26.5 Å². The van der Waals surface area contributed by atoms with Crippen LogP contribution in [0.4, 0.5) is 22.7 Å². The van der Waals surface area contributed by atoms with Crippen molar-refractivity contribution < 1.29 is 25.8 Å². The third kappa shape index (κ3) is 6.83. The average molecular weight is 981 g/mol. The summed E-state index contributed by atoms with van der Waals surface area (Å²) in [7, 11) is 0. The molecule has 0 saturated carbocycles. The van der Waals surface area contributed by atoms with Crippen LogP contribution in [0.25, 0.3) is 60.6 Å². The van der Waals surface area contributed by atoms with Gasteiger partial charge in [0.2, 0.25) is 0 Å². The largest absolute Gasteiger partial charge is 0.509 e. The van der Waals surface area contributed by atoms with Gasteiger partial charge in [0.05, 0.1) is 0 Å². The first kappa shape index (κ1) is 39.2. The monoisotopic (exact) mass is 980 g/mol. The number of rotatable bonds is 7. The van der Waals surface area contributed by atoms with Crippen LogP contribution in [0.15, 0.2) is 188 Å². The maximum Gasteiger partial charge on any atom is 0.135 e. The summed E-state index contributed by atoms with van der Waals surface area (Å²) >= 11 is 0. The summed E-state index contributed by atoms with van der Waals surface area (Å²) in [6.45, 7) is 9.10. The Morgan fingerprint density at radius 1 is 0.548 bits per heavy atom. The van der Waals surface area contributed by atoms with E-state index in [1.807, 2.05) is 42.6 Å². The minimum atomic E-state index is -0.0800. The fourth-order valence-electron chi connectivity index (χ4n) is 8.70. The molecule has 5 nitrogen and oxygen atoms in total. The molecule has 62 heavy (non-hydrogen) atoms. The summed E-state index contributed by atoms with van der Waals surface area (Å²) in [6, 6.07) is 71.2. The van der Waals surface area contributed by atoms with Crippen LogP contribution in [0.1, 0.15) is 26.3 Å². The molecule has 0 amide bonds. The number of anilines is 4. The van der Waals surface area contributed by atoms with Crippen molar-refractivity contribution >= 4 is 55.3 Å². The summed E-state index contributed by atoms with van der Waals surface area (Å²) in [6.07, 6.45) is 1.82. The van der Waals surface area contributed by atoms with E-state index in [9.17, 15) is 0 Å². The topological polar surface area (TPSA) is 33.5 Å². The predicted molar refractivity (Wildman–Crippen MR) is 251 cm³/mol. The van der Waals surface area contributed by atoms with Crippen LogP contribution < -0.4 is 14.5 Å². The minimum absolute atomic E-state index is 0. The molecular weight excluding hydrogens is 940 g/mol. The van der Waals surface area contributed by atoms with Crippen LogP contribution in [-0.2, 0) is 26.5 Å². The van der Waals surface area contributed by atoms with Crippen LogP contribution in [0.2, 0.25) is 0 Å². The van der Waals surface area contributed by atoms with Crippen molar-refractivity contribution in [1.82, 2.24) is 9.55 Å². The molecule has 0 atom stereocenters. The number of nitrogens with zero attached hydrogens (tertiary/aromatic N) is 4. The number of hydrogen-bond donors (Lipinski definition) is 0. The van der Waals surface area contributed by atoms with E-state index in [0.29, 0.717) is 11.5 Å². The number of para-hydroxylation sites is 1. The van der Waals surface area contributed by atoms with Crippen molar-refractivity contribution in [1.29, 1.82) is 0 Å². The number of aromatic nitrogens is 2. The molecule has 304 valence electrons. The van der Waals surface area contributed by atoms with E-state index in [0.717, 1.165) is 66.9 Å². The number of ether oxygens (including phenoxy) is 1. The fourth-order valence-corrected chi connectivity index (χ4v) is 8.70. The van der Waals surface area contributed by atoms with Gasteiger partial charge in [-0.1, -0.05) is 142 Å². The molecule has 0 N–H and O–H groups in total. The summed E-state index contributed by atoms with van der Waals surface area (Å²) in [5.41, 5.74) is 11.9. The molecule has 1 aliphatic rings. The standard InChI is InChI=1S/C56H41N4O.Pt/c1-56(2,3)41-33-48(38-17-6-4-7-18-38)54(49(34-41)39-19-8-5-9-20-39)59-37-58(51-31-28-40-21-10-11-24-45(40)55(51)59)42-22-16-23-43(35-42)61-44-29-30-47-46-25-12-13-26-50(46)60(52(47)36-44)53-27-14-15-32-57-53;/h4-34,37H,1-3H3;/q-3;. The van der Waals surface area contributed by atoms with E-state index in [4.69, 9.17) is 9.72 Å². The number of hydrogen-bond acceptors (Lipinski definition) is 4. The van der Waals surface area contributed by atoms with Crippen molar-refractivity contribution in [3.63, 3.8) is 0 Å². The van der Waals surface area contributed by atoms with Crippen LogP contribution >= 0.6 is 0 Å². The zero-order chi connectivity index (χ0) is 41.1. The van der Waals surface area contributed by atoms with Gasteiger partial charge in [0.15, 0.2) is 0 Å². The quantitative estimate of drug-likeness (QED) is 0.149. The van der Waals surface area contributed by atoms with Crippen molar-refractivity contribution in [2.75, 3.05) is 9.80 Å². The molecule has 0 aliphatic carbocycles. The normalized spacial score (nSPS) is 12.5. The molecule has 1 aliphatic heterocycles. The fraction of sp³-hybridized carbons (Fsp3) is 0.0714. The predicted octanol–water partition coefficient (Wildman–Crippen LogP) is 14.8. The first-order chi connectivity index (χ1) is 29.9. The Hall–Kier alpha value is -6.94. The van der Waals surface area contributed by atoms with Gasteiger partial charge in [-0.15, -0.1) is 48.1 Å². The molecule has 0 bridgehead atoms. The molecule has 3 heterocycles. The van der Waals surface area contributed by atoms with E-state index < -0.39 is 0 Å². The second kappa shape index (κ2) is 15.8. The van der Waals surface area contributed by atoms with Gasteiger partial charge in [0.25, 0.3) is 0 Å². The van der Waals surface area contributed by atoms with Gasteiger partial charge < -0.3 is 19.1 Å². The Morgan fingerprint density at radius 3 is 1.92 bits per heavy atom. The second-order valence-electron chi connectivity index (χ2n) is 16.5. The first-order valence-electron chi connectivity index (χ1n) is 20.7. The summed E-state index contributed by atoms with van der Waals surface area (Å²) in [5.74, 6) is 2.01. The number of fused-ring (bicyclic) bond motifs is 6. The molecular formula is C56H41N4OPt-3. The van der Waals surface area contributed by atoms with Gasteiger partial charge in [-0.3, -0.25) is 0 Å². The van der Waals surface area contributed by atoms with Gasteiger partial charge in [-0.25, -0.2) is 4.98 Å². The van der Waals surface area contributed by atoms with Gasteiger partial charge in [-0.2, -0.15) is 12.1 Å². The zero-order valence-electron chi connectivity index (χ0n) is 34.5. The van der Waals surface area contributed by atoms with Gasteiger partial charge in [0.1, 0.15) is 5.82 Å². The summed E-state index contributed by atoms with van der Waals surface area (Å²) in [5, 5.41) is 4.56. The molecule has 10 aromatic rings. The Labute approximate surface area is 376 Å². The molecule has 6 heteroatoms. The van der Waals surface area contributed by atoms with Crippen molar-refractivity contribution in [2.45, 2.75) is 26.2 Å². The number of benzene rings is 8. The summed E-state index contributed by atoms with van der Waals surface area (Å²) in [4.78, 5) is 9.33. The Balaban J connectivity index is 0.00000458. The van der Waals surface area contributed by atoms with Crippen LogP contribution in [-0.4, -0.2) is 9.55 Å². The van der Waals surface area contributed by atoms with Gasteiger partial charge in [0, 0.05) is 77.9 Å². The number of pyridine rings is 1. The third-order valence-corrected chi connectivity index (χ3v) is 11.7. The molecule has 0 spiro atoms. The third-order valence-electron chi connectivity index (χ3n) is 11.7. The SMILES string of the molecule is CC(C)(C)c1cc(-c2ccccc2)c(N2[CH-]N(c3[c-]c(Oc4[c-]c5c(cc4)c4ccccc4n5-c4ccccn4)ccc3)c3ccc4ccccc4c32)c(-c2ccccc2)c1.[Pt]. The van der Waals surface area contributed by atoms with Gasteiger partial charge >= 0.3 is 0 Å². The molecule has 0 unspecified atom stereocenters. The second-order valence-corrected chi connectivity index (χ2v) is 16.5. The average Bonchev–Trinajstić information content (AvgIpc) is 3.85. The van der Waals surface area contributed by atoms with E-state index in [1.54, 1.807) is 0 Å².